The minimum atomic E-state index is -0.405. The lowest BCUT2D eigenvalue weighted by molar-refractivity contribution is -0.125. The Kier molecular flexibility index (Phi) is 7.15. The van der Waals surface area contributed by atoms with Gasteiger partial charge in [0.25, 0.3) is 0 Å². The largest absolute Gasteiger partial charge is 0.370 e. The fourth-order valence-electron chi connectivity index (χ4n) is 2.60. The van der Waals surface area contributed by atoms with Crippen molar-refractivity contribution in [2.75, 3.05) is 13.2 Å². The molecule has 0 aliphatic heterocycles. The molecular weight excluding hydrogens is 397 g/mol. The van der Waals surface area contributed by atoms with E-state index in [-0.39, 0.29) is 19.1 Å². The molecule has 0 unspecified atom stereocenters. The van der Waals surface area contributed by atoms with E-state index in [4.69, 9.17) is 16.3 Å². The number of amides is 1. The van der Waals surface area contributed by atoms with Crippen LogP contribution in [0, 0.1) is 5.82 Å². The van der Waals surface area contributed by atoms with Crippen LogP contribution in [-0.2, 0) is 22.6 Å². The Hall–Kier alpha value is -2.97. The van der Waals surface area contributed by atoms with Crippen LogP contribution in [0.5, 0.6) is 0 Å². The molecule has 0 aliphatic carbocycles. The minimum absolute atomic E-state index is 0.103. The molecule has 9 heteroatoms. The smallest absolute Gasteiger partial charge is 0.250 e. The molecule has 0 atom stereocenters. The molecule has 3 rings (SSSR count). The monoisotopic (exact) mass is 417 g/mol. The van der Waals surface area contributed by atoms with Gasteiger partial charge in [-0.15, -0.1) is 0 Å². The highest BCUT2D eigenvalue weighted by Gasteiger charge is 2.06. The summed E-state index contributed by atoms with van der Waals surface area (Å²) in [6.45, 7) is 5.02. The van der Waals surface area contributed by atoms with Gasteiger partial charge >= 0.3 is 0 Å². The van der Waals surface area contributed by atoms with Gasteiger partial charge < -0.3 is 14.6 Å². The number of hydrogen-bond donors (Lipinski definition) is 1. The molecule has 2 aromatic heterocycles. The Morgan fingerprint density at radius 3 is 2.76 bits per heavy atom. The van der Waals surface area contributed by atoms with Gasteiger partial charge in [-0.1, -0.05) is 30.3 Å². The van der Waals surface area contributed by atoms with E-state index in [2.05, 4.69) is 22.0 Å². The van der Waals surface area contributed by atoms with Crippen LogP contribution in [0.3, 0.4) is 0 Å². The van der Waals surface area contributed by atoms with Gasteiger partial charge in [-0.05, 0) is 12.1 Å². The van der Waals surface area contributed by atoms with Crippen molar-refractivity contribution >= 4 is 17.5 Å². The molecule has 1 aromatic carbocycles. The third-order valence-electron chi connectivity index (χ3n) is 4.06. The third-order valence-corrected chi connectivity index (χ3v) is 4.31. The van der Waals surface area contributed by atoms with Crippen molar-refractivity contribution in [2.45, 2.75) is 19.5 Å². The lowest BCUT2D eigenvalue weighted by Crippen LogP contribution is -2.27. The maximum atomic E-state index is 12.8. The molecule has 0 radical (unpaired) electrons. The number of imidazole rings is 1. The number of nitrogens with one attached hydrogen (secondary N) is 1. The summed E-state index contributed by atoms with van der Waals surface area (Å²) >= 11 is 5.90. The summed E-state index contributed by atoms with van der Waals surface area (Å²) in [7, 11) is 0. The average Bonchev–Trinajstić information content (AvgIpc) is 3.33. The standard InChI is InChI=1S/C20H21ClFN5O2/c1-15(25-20(28)13-29-9-8-27-11-18(22)10-24-27)6-7-26-12-19(23-14-26)16-2-4-17(21)5-3-16/h2-5,10-12,14H,1,6-9,13H2,(H,25,28). The normalized spacial score (nSPS) is 10.8. The van der Waals surface area contributed by atoms with Gasteiger partial charge in [0.05, 0.1) is 37.6 Å². The van der Waals surface area contributed by atoms with E-state index < -0.39 is 5.82 Å². The number of ether oxygens (including phenoxy) is 1. The summed E-state index contributed by atoms with van der Waals surface area (Å²) < 4.78 is 21.4. The van der Waals surface area contributed by atoms with Crippen LogP contribution in [0.1, 0.15) is 6.42 Å². The van der Waals surface area contributed by atoms with Crippen LogP contribution in [0.4, 0.5) is 4.39 Å². The van der Waals surface area contributed by atoms with Gasteiger partial charge in [0.2, 0.25) is 5.91 Å². The SMILES string of the molecule is C=C(CCn1cnc(-c2ccc(Cl)cc2)c1)NC(=O)COCCn1cc(F)cn1. The molecule has 0 bridgehead atoms. The second-order valence-corrected chi connectivity index (χ2v) is 6.82. The lowest BCUT2D eigenvalue weighted by Gasteiger charge is -2.09. The van der Waals surface area contributed by atoms with Gasteiger partial charge in [0.1, 0.15) is 6.61 Å². The van der Waals surface area contributed by atoms with Crippen molar-refractivity contribution in [2.24, 2.45) is 0 Å². The fourth-order valence-corrected chi connectivity index (χ4v) is 2.72. The number of aromatic nitrogens is 4. The van der Waals surface area contributed by atoms with Crippen LogP contribution in [0.2, 0.25) is 5.02 Å². The van der Waals surface area contributed by atoms with E-state index in [9.17, 15) is 9.18 Å². The summed E-state index contributed by atoms with van der Waals surface area (Å²) in [5.74, 6) is -0.689. The number of carbonyl (C=O) groups excluding carboxylic acids is 1. The van der Waals surface area contributed by atoms with E-state index in [0.29, 0.717) is 30.2 Å². The molecule has 0 fully saturated rings. The van der Waals surface area contributed by atoms with Crippen molar-refractivity contribution in [1.82, 2.24) is 24.6 Å². The topological polar surface area (TPSA) is 74.0 Å². The Morgan fingerprint density at radius 1 is 1.24 bits per heavy atom. The second-order valence-electron chi connectivity index (χ2n) is 6.38. The predicted octanol–water partition coefficient (Wildman–Crippen LogP) is 3.28. The second kappa shape index (κ2) is 9.99. The first-order chi connectivity index (χ1) is 14.0. The quantitative estimate of drug-likeness (QED) is 0.514. The van der Waals surface area contributed by atoms with E-state index in [1.54, 1.807) is 6.33 Å². The highest BCUT2D eigenvalue weighted by molar-refractivity contribution is 6.30. The summed E-state index contributed by atoms with van der Waals surface area (Å²) in [6.07, 6.45) is 6.61. The summed E-state index contributed by atoms with van der Waals surface area (Å²) in [5, 5.41) is 7.18. The number of benzene rings is 1. The number of nitrogens with zero attached hydrogens (tertiary/aromatic N) is 4. The van der Waals surface area contributed by atoms with Crippen molar-refractivity contribution in [1.29, 1.82) is 0 Å². The fraction of sp³-hybridized carbons (Fsp3) is 0.250. The van der Waals surface area contributed by atoms with Crippen LogP contribution < -0.4 is 5.32 Å². The van der Waals surface area contributed by atoms with E-state index >= 15 is 0 Å². The number of hydrogen-bond acceptors (Lipinski definition) is 4. The molecule has 152 valence electrons. The minimum Gasteiger partial charge on any atom is -0.370 e. The summed E-state index contributed by atoms with van der Waals surface area (Å²) in [5.41, 5.74) is 2.42. The summed E-state index contributed by atoms with van der Waals surface area (Å²) in [6, 6.07) is 7.47. The van der Waals surface area contributed by atoms with Crippen molar-refractivity contribution < 1.29 is 13.9 Å². The molecule has 1 N–H and O–H groups in total. The number of allylic oxidation sites excluding steroid dienone is 1. The number of rotatable bonds is 10. The average molecular weight is 418 g/mol. The van der Waals surface area contributed by atoms with E-state index in [1.165, 1.54) is 10.9 Å². The zero-order valence-corrected chi connectivity index (χ0v) is 16.5. The van der Waals surface area contributed by atoms with Crippen molar-refractivity contribution in [3.8, 4) is 11.3 Å². The Labute approximate surface area is 172 Å². The summed E-state index contributed by atoms with van der Waals surface area (Å²) in [4.78, 5) is 16.3. The molecule has 0 saturated heterocycles. The van der Waals surface area contributed by atoms with Gasteiger partial charge in [-0.2, -0.15) is 5.10 Å². The molecule has 3 aromatic rings. The maximum Gasteiger partial charge on any atom is 0.250 e. The number of aryl methyl sites for hydroxylation is 1. The van der Waals surface area contributed by atoms with Crippen LogP contribution in [0.25, 0.3) is 11.3 Å². The van der Waals surface area contributed by atoms with Gasteiger partial charge in [0, 0.05) is 35.4 Å². The molecule has 29 heavy (non-hydrogen) atoms. The number of halogens is 2. The zero-order chi connectivity index (χ0) is 20.6. The first kappa shape index (κ1) is 20.8. The lowest BCUT2D eigenvalue weighted by atomic mass is 10.2. The first-order valence-corrected chi connectivity index (χ1v) is 9.38. The Balaban J connectivity index is 1.35. The molecule has 0 aliphatic rings. The molecule has 7 nitrogen and oxygen atoms in total. The van der Waals surface area contributed by atoms with Crippen LogP contribution in [0.15, 0.2) is 61.5 Å². The molecule has 2 heterocycles. The Morgan fingerprint density at radius 2 is 2.03 bits per heavy atom. The van der Waals surface area contributed by atoms with Crippen LogP contribution >= 0.6 is 11.6 Å². The van der Waals surface area contributed by atoms with Gasteiger partial charge in [-0.3, -0.25) is 9.48 Å². The van der Waals surface area contributed by atoms with Crippen LogP contribution in [-0.4, -0.2) is 38.5 Å². The van der Waals surface area contributed by atoms with E-state index in [0.717, 1.165) is 17.5 Å². The number of carbonyl (C=O) groups is 1. The third kappa shape index (κ3) is 6.55. The molecule has 1 amide bonds. The molecule has 0 saturated carbocycles. The predicted molar refractivity (Wildman–Crippen MR) is 108 cm³/mol. The van der Waals surface area contributed by atoms with Crippen molar-refractivity contribution in [3.63, 3.8) is 0 Å². The molecular formula is C20H21ClFN5O2. The van der Waals surface area contributed by atoms with Crippen molar-refractivity contribution in [3.05, 3.63) is 72.3 Å². The zero-order valence-electron chi connectivity index (χ0n) is 15.7. The Bertz CT molecular complexity index is 967. The highest BCUT2D eigenvalue weighted by Crippen LogP contribution is 2.19. The first-order valence-electron chi connectivity index (χ1n) is 9.00. The van der Waals surface area contributed by atoms with E-state index in [1.807, 2.05) is 35.0 Å². The highest BCUT2D eigenvalue weighted by atomic mass is 35.5. The maximum absolute atomic E-state index is 12.8. The molecule has 0 spiro atoms. The van der Waals surface area contributed by atoms with Gasteiger partial charge in [-0.25, -0.2) is 9.37 Å². The van der Waals surface area contributed by atoms with Gasteiger partial charge in [0.15, 0.2) is 5.82 Å².